The molecule has 57 heavy (non-hydrogen) atoms. The van der Waals surface area contributed by atoms with Gasteiger partial charge < -0.3 is 24.1 Å². The molecule has 0 aliphatic carbocycles. The topological polar surface area (TPSA) is 148 Å². The molecule has 1 aliphatic heterocycles. The molecule has 12 heteroatoms. The number of benzene rings is 5. The number of thioether (sulfide) groups is 1. The van der Waals surface area contributed by atoms with Crippen LogP contribution in [0.25, 0.3) is 33.2 Å². The summed E-state index contributed by atoms with van der Waals surface area (Å²) >= 11 is 1.02. The number of ether oxygens (including phenoxy) is 2. The number of aryl methyl sites for hydroxylation is 2. The van der Waals surface area contributed by atoms with E-state index in [9.17, 15) is 19.5 Å². The minimum atomic E-state index is -0.944. The number of carbonyl (C=O) groups is 3. The zero-order valence-corrected chi connectivity index (χ0v) is 32.6. The Balaban J connectivity index is 0.958. The van der Waals surface area contributed by atoms with Crippen LogP contribution in [0.5, 0.6) is 11.5 Å². The summed E-state index contributed by atoms with van der Waals surface area (Å²) in [5, 5.41) is 11.3. The Kier molecular flexibility index (Phi) is 10.5. The minimum absolute atomic E-state index is 0.242. The normalized spacial score (nSPS) is 14.6. The van der Waals surface area contributed by atoms with E-state index in [1.54, 1.807) is 12.1 Å². The van der Waals surface area contributed by atoms with Crippen molar-refractivity contribution in [1.82, 2.24) is 24.8 Å². The third-order valence-corrected chi connectivity index (χ3v) is 11.1. The van der Waals surface area contributed by atoms with Gasteiger partial charge in [0, 0.05) is 19.0 Å². The number of hydrogen-bond donors (Lipinski definition) is 3. The SMILES string of the molecule is CCCc1nc2c(C)cc(C(C)Oc3ccc4nc(COc5ccc(CC6SC(=O)NC6=O)cc5)[nH]c4c3)cc2n1Cc1ccc(-c2ccccc2C(=O)O)cc1. The molecule has 3 N–H and O–H groups in total. The van der Waals surface area contributed by atoms with Crippen LogP contribution in [-0.2, 0) is 30.8 Å². The second-order valence-corrected chi connectivity index (χ2v) is 15.4. The number of carboxylic acid groups (broad SMARTS) is 1. The second kappa shape index (κ2) is 16.0. The zero-order valence-electron chi connectivity index (χ0n) is 31.7. The number of amides is 2. The van der Waals surface area contributed by atoms with Crippen molar-refractivity contribution >= 4 is 50.9 Å². The van der Waals surface area contributed by atoms with Crippen molar-refractivity contribution in [2.24, 2.45) is 0 Å². The molecule has 0 saturated carbocycles. The summed E-state index contributed by atoms with van der Waals surface area (Å²) in [5.41, 5.74) is 9.64. The number of carboxylic acids is 1. The number of nitrogens with one attached hydrogen (secondary N) is 2. The number of aromatic nitrogens is 4. The first-order chi connectivity index (χ1) is 27.6. The van der Waals surface area contributed by atoms with E-state index in [2.05, 4.69) is 53.0 Å². The third kappa shape index (κ3) is 8.13. The molecule has 5 aromatic carbocycles. The van der Waals surface area contributed by atoms with Crippen LogP contribution < -0.4 is 14.8 Å². The molecule has 288 valence electrons. The largest absolute Gasteiger partial charge is 0.486 e. The van der Waals surface area contributed by atoms with Gasteiger partial charge in [-0.25, -0.2) is 14.8 Å². The summed E-state index contributed by atoms with van der Waals surface area (Å²) in [5.74, 6) is 1.88. The maximum absolute atomic E-state index is 11.9. The lowest BCUT2D eigenvalue weighted by molar-refractivity contribution is -0.118. The van der Waals surface area contributed by atoms with E-state index >= 15 is 0 Å². The monoisotopic (exact) mass is 779 g/mol. The molecular weight excluding hydrogens is 739 g/mol. The molecule has 0 spiro atoms. The first-order valence-electron chi connectivity index (χ1n) is 18.9. The Hall–Kier alpha value is -6.40. The van der Waals surface area contributed by atoms with Gasteiger partial charge in [0.15, 0.2) is 0 Å². The van der Waals surface area contributed by atoms with Crippen LogP contribution in [0, 0.1) is 6.92 Å². The molecule has 3 heterocycles. The molecule has 0 bridgehead atoms. The van der Waals surface area contributed by atoms with E-state index in [-0.39, 0.29) is 29.4 Å². The summed E-state index contributed by atoms with van der Waals surface area (Å²) in [6, 6.07) is 32.8. The van der Waals surface area contributed by atoms with Gasteiger partial charge in [-0.2, -0.15) is 0 Å². The first-order valence-corrected chi connectivity index (χ1v) is 19.8. The number of imidazole rings is 2. The molecule has 11 nitrogen and oxygen atoms in total. The molecule has 2 aromatic heterocycles. The van der Waals surface area contributed by atoms with Crippen molar-refractivity contribution in [1.29, 1.82) is 0 Å². The Morgan fingerprint density at radius 2 is 1.68 bits per heavy atom. The fourth-order valence-corrected chi connectivity index (χ4v) is 8.12. The lowest BCUT2D eigenvalue weighted by Gasteiger charge is -2.17. The van der Waals surface area contributed by atoms with E-state index in [1.165, 1.54) is 0 Å². The van der Waals surface area contributed by atoms with Crippen LogP contribution in [-0.4, -0.2) is 47.0 Å². The van der Waals surface area contributed by atoms with Crippen molar-refractivity contribution < 1.29 is 29.0 Å². The van der Waals surface area contributed by atoms with Gasteiger partial charge in [0.2, 0.25) is 5.91 Å². The van der Waals surface area contributed by atoms with E-state index in [1.807, 2.05) is 73.7 Å². The number of rotatable bonds is 14. The number of imide groups is 1. The average Bonchev–Trinajstić information content (AvgIpc) is 3.88. The number of H-pyrrole nitrogens is 1. The third-order valence-electron chi connectivity index (χ3n) is 10.2. The lowest BCUT2D eigenvalue weighted by Crippen LogP contribution is -2.25. The smallest absolute Gasteiger partial charge is 0.336 e. The highest BCUT2D eigenvalue weighted by atomic mass is 32.2. The molecule has 1 aliphatic rings. The molecule has 2 amide bonds. The average molecular weight is 780 g/mol. The summed E-state index contributed by atoms with van der Waals surface area (Å²) in [4.78, 5) is 48.4. The lowest BCUT2D eigenvalue weighted by atomic mass is 9.98. The molecule has 2 unspecified atom stereocenters. The van der Waals surface area contributed by atoms with E-state index < -0.39 is 11.2 Å². The van der Waals surface area contributed by atoms with Gasteiger partial charge in [0.1, 0.15) is 35.9 Å². The van der Waals surface area contributed by atoms with Crippen LogP contribution in [0.15, 0.2) is 103 Å². The van der Waals surface area contributed by atoms with Crippen molar-refractivity contribution in [2.45, 2.75) is 64.5 Å². The van der Waals surface area contributed by atoms with Gasteiger partial charge in [-0.15, -0.1) is 0 Å². The van der Waals surface area contributed by atoms with Crippen molar-refractivity contribution in [3.05, 3.63) is 143 Å². The van der Waals surface area contributed by atoms with Crippen LogP contribution in [0.1, 0.15) is 70.6 Å². The zero-order chi connectivity index (χ0) is 39.6. The number of aromatic amines is 1. The number of carbonyl (C=O) groups excluding carboxylic acids is 2. The van der Waals surface area contributed by atoms with Crippen LogP contribution in [0.2, 0.25) is 0 Å². The van der Waals surface area contributed by atoms with Gasteiger partial charge in [-0.05, 0) is 96.5 Å². The molecule has 0 radical (unpaired) electrons. The Bertz CT molecular complexity index is 2630. The van der Waals surface area contributed by atoms with Crippen LogP contribution >= 0.6 is 11.8 Å². The Morgan fingerprint density at radius 3 is 2.42 bits per heavy atom. The highest BCUT2D eigenvalue weighted by Crippen LogP contribution is 2.31. The van der Waals surface area contributed by atoms with Gasteiger partial charge in [-0.1, -0.05) is 79.3 Å². The van der Waals surface area contributed by atoms with Crippen LogP contribution in [0.3, 0.4) is 0 Å². The molecule has 7 aromatic rings. The van der Waals surface area contributed by atoms with Gasteiger partial charge in [-0.3, -0.25) is 14.9 Å². The highest BCUT2D eigenvalue weighted by Gasteiger charge is 2.31. The predicted octanol–water partition coefficient (Wildman–Crippen LogP) is 9.20. The predicted molar refractivity (Wildman–Crippen MR) is 221 cm³/mol. The summed E-state index contributed by atoms with van der Waals surface area (Å²) in [7, 11) is 0. The standard InChI is InChI=1S/C45H41N5O6S/c1-4-7-41-48-42-26(2)20-31(22-38(42)50(41)24-29-10-14-30(15-11-29)34-8-5-6-9-35(34)44(52)53)27(3)56-33-18-19-36-37(23-33)47-40(46-36)25-55-32-16-12-28(13-17-32)21-39-43(51)49-45(54)57-39/h5-6,8-20,22-23,27,39H,4,7,21,24-25H2,1-3H3,(H,46,47)(H,52,53)(H,49,51,54). The summed E-state index contributed by atoms with van der Waals surface area (Å²) in [6.45, 7) is 7.16. The molecule has 8 rings (SSSR count). The number of fused-ring (bicyclic) bond motifs is 2. The maximum atomic E-state index is 11.9. The van der Waals surface area contributed by atoms with E-state index in [0.29, 0.717) is 35.9 Å². The van der Waals surface area contributed by atoms with Crippen molar-refractivity contribution in [3.63, 3.8) is 0 Å². The van der Waals surface area contributed by atoms with E-state index in [0.717, 1.165) is 80.3 Å². The Labute approximate surface area is 333 Å². The fraction of sp³-hybridized carbons (Fsp3) is 0.222. The minimum Gasteiger partial charge on any atom is -0.486 e. The number of nitrogens with zero attached hydrogens (tertiary/aromatic N) is 3. The number of aromatic carboxylic acids is 1. The molecular formula is C45H41N5O6S. The first kappa shape index (κ1) is 37.5. The van der Waals surface area contributed by atoms with Crippen LogP contribution in [0.4, 0.5) is 4.79 Å². The molecule has 2 atom stereocenters. The van der Waals surface area contributed by atoms with Gasteiger partial charge in [0.05, 0.1) is 32.9 Å². The fourth-order valence-electron chi connectivity index (χ4n) is 7.26. The highest BCUT2D eigenvalue weighted by molar-refractivity contribution is 8.15. The van der Waals surface area contributed by atoms with Crippen molar-refractivity contribution in [3.8, 4) is 22.6 Å². The summed E-state index contributed by atoms with van der Waals surface area (Å²) < 4.78 is 14.8. The summed E-state index contributed by atoms with van der Waals surface area (Å²) in [6.07, 6.45) is 2.02. The second-order valence-electron chi connectivity index (χ2n) is 14.3. The molecule has 1 saturated heterocycles. The number of hydrogen-bond acceptors (Lipinski definition) is 8. The maximum Gasteiger partial charge on any atom is 0.336 e. The van der Waals surface area contributed by atoms with Gasteiger partial charge in [0.25, 0.3) is 5.24 Å². The van der Waals surface area contributed by atoms with Crippen molar-refractivity contribution in [2.75, 3.05) is 0 Å². The quantitative estimate of drug-likeness (QED) is 0.0983. The molecule has 1 fully saturated rings. The Morgan fingerprint density at radius 1 is 0.930 bits per heavy atom. The van der Waals surface area contributed by atoms with Gasteiger partial charge >= 0.3 is 5.97 Å². The van der Waals surface area contributed by atoms with E-state index in [4.69, 9.17) is 19.4 Å².